The molecule has 2 saturated carbocycles. The maximum absolute atomic E-state index is 12.6. The van der Waals surface area contributed by atoms with Crippen molar-refractivity contribution in [3.8, 4) is 11.8 Å². The summed E-state index contributed by atoms with van der Waals surface area (Å²) >= 11 is 6.08. The predicted molar refractivity (Wildman–Crippen MR) is 118 cm³/mol. The van der Waals surface area contributed by atoms with Crippen LogP contribution >= 0.6 is 11.6 Å². The molecule has 0 atom stereocenters. The van der Waals surface area contributed by atoms with Crippen LogP contribution in [-0.4, -0.2) is 44.5 Å². The van der Waals surface area contributed by atoms with Gasteiger partial charge < -0.3 is 15.2 Å². The normalized spacial score (nSPS) is 25.7. The summed E-state index contributed by atoms with van der Waals surface area (Å²) in [4.78, 5) is 16.8. The summed E-state index contributed by atoms with van der Waals surface area (Å²) in [5, 5.41) is 26.1. The van der Waals surface area contributed by atoms with Crippen molar-refractivity contribution in [3.63, 3.8) is 0 Å². The zero-order valence-electron chi connectivity index (χ0n) is 17.9. The first-order chi connectivity index (χ1) is 15.6. The van der Waals surface area contributed by atoms with Crippen molar-refractivity contribution in [2.75, 3.05) is 6.61 Å². The highest BCUT2D eigenvalue weighted by Gasteiger charge is 2.27. The Morgan fingerprint density at radius 3 is 2.62 bits per heavy atom. The van der Waals surface area contributed by atoms with E-state index in [2.05, 4.69) is 15.4 Å². The van der Waals surface area contributed by atoms with Crippen molar-refractivity contribution < 1.29 is 14.6 Å². The van der Waals surface area contributed by atoms with Crippen LogP contribution in [0.3, 0.4) is 0 Å². The number of halogens is 1. The number of benzene rings is 1. The lowest BCUT2D eigenvalue weighted by atomic mass is 9.87. The van der Waals surface area contributed by atoms with Gasteiger partial charge in [-0.05, 0) is 69.4 Å². The number of aromatic nitrogens is 3. The Morgan fingerprint density at radius 1 is 1.22 bits per heavy atom. The van der Waals surface area contributed by atoms with E-state index in [-0.39, 0.29) is 36.5 Å². The summed E-state index contributed by atoms with van der Waals surface area (Å²) in [6, 6.07) is 7.45. The van der Waals surface area contributed by atoms with Gasteiger partial charge in [0.1, 0.15) is 18.1 Å². The standard InChI is InChI=1S/C23H28ClN5O3/c24-21-11-20(8-3-16(21)12-25)32-19-9-4-17(5-10-19)27-23(31)22-26-14-29(28-22)18-6-1-15(13-30)2-7-18/h3,8,11,14-15,17-19,30H,1-2,4-7,9-10,13H2,(H,27,31). The van der Waals surface area contributed by atoms with Crippen molar-refractivity contribution in [2.24, 2.45) is 5.92 Å². The molecule has 2 aromatic rings. The van der Waals surface area contributed by atoms with E-state index in [4.69, 9.17) is 21.6 Å². The highest BCUT2D eigenvalue weighted by atomic mass is 35.5. The van der Waals surface area contributed by atoms with Gasteiger partial charge in [0.15, 0.2) is 0 Å². The molecule has 2 aliphatic carbocycles. The van der Waals surface area contributed by atoms with Crippen LogP contribution in [0.4, 0.5) is 0 Å². The number of hydrogen-bond acceptors (Lipinski definition) is 6. The number of carbonyl (C=O) groups is 1. The minimum absolute atomic E-state index is 0.0542. The van der Waals surface area contributed by atoms with Gasteiger partial charge in [-0.2, -0.15) is 5.26 Å². The maximum Gasteiger partial charge on any atom is 0.291 e. The van der Waals surface area contributed by atoms with Crippen LogP contribution in [0.15, 0.2) is 24.5 Å². The molecule has 1 aromatic heterocycles. The predicted octanol–water partition coefficient (Wildman–Crippen LogP) is 3.65. The van der Waals surface area contributed by atoms with Crippen LogP contribution in [0.5, 0.6) is 5.75 Å². The quantitative estimate of drug-likeness (QED) is 0.684. The lowest BCUT2D eigenvalue weighted by Crippen LogP contribution is -2.40. The number of nitrogens with one attached hydrogen (secondary N) is 1. The maximum atomic E-state index is 12.6. The minimum Gasteiger partial charge on any atom is -0.490 e. The summed E-state index contributed by atoms with van der Waals surface area (Å²) in [7, 11) is 0. The molecule has 2 N–H and O–H groups in total. The molecular weight excluding hydrogens is 430 g/mol. The fourth-order valence-electron chi connectivity index (χ4n) is 4.57. The topological polar surface area (TPSA) is 113 Å². The summed E-state index contributed by atoms with van der Waals surface area (Å²) in [6.07, 6.45) is 8.81. The molecule has 1 heterocycles. The van der Waals surface area contributed by atoms with Crippen molar-refractivity contribution in [1.82, 2.24) is 20.1 Å². The van der Waals surface area contributed by atoms with Gasteiger partial charge in [0.25, 0.3) is 5.91 Å². The number of rotatable bonds is 6. The summed E-state index contributed by atoms with van der Waals surface area (Å²) in [6.45, 7) is 0.242. The van der Waals surface area contributed by atoms with Gasteiger partial charge in [-0.25, -0.2) is 9.67 Å². The van der Waals surface area contributed by atoms with Crippen LogP contribution in [0.1, 0.15) is 73.6 Å². The molecule has 4 rings (SSSR count). The lowest BCUT2D eigenvalue weighted by molar-refractivity contribution is 0.0882. The number of ether oxygens (including phenoxy) is 1. The molecule has 2 fully saturated rings. The van der Waals surface area contributed by atoms with Gasteiger partial charge >= 0.3 is 0 Å². The molecule has 2 aliphatic rings. The lowest BCUT2D eigenvalue weighted by Gasteiger charge is -2.29. The third-order valence-corrected chi connectivity index (χ3v) is 6.85. The zero-order chi connectivity index (χ0) is 22.5. The van der Waals surface area contributed by atoms with Crippen LogP contribution in [0, 0.1) is 17.2 Å². The van der Waals surface area contributed by atoms with Crippen LogP contribution in [0.25, 0.3) is 0 Å². The molecule has 32 heavy (non-hydrogen) atoms. The van der Waals surface area contributed by atoms with E-state index in [1.807, 2.05) is 6.07 Å². The van der Waals surface area contributed by atoms with E-state index in [0.29, 0.717) is 22.3 Å². The number of hydrogen-bond donors (Lipinski definition) is 2. The smallest absolute Gasteiger partial charge is 0.291 e. The Balaban J connectivity index is 1.24. The number of nitrogens with zero attached hydrogens (tertiary/aromatic N) is 4. The van der Waals surface area contributed by atoms with E-state index < -0.39 is 0 Å². The first kappa shape index (κ1) is 22.6. The second kappa shape index (κ2) is 10.3. The van der Waals surface area contributed by atoms with Gasteiger partial charge in [0, 0.05) is 18.7 Å². The molecule has 1 amide bonds. The first-order valence-electron chi connectivity index (χ1n) is 11.2. The van der Waals surface area contributed by atoms with Crippen molar-refractivity contribution >= 4 is 17.5 Å². The third kappa shape index (κ3) is 5.40. The van der Waals surface area contributed by atoms with Crippen molar-refractivity contribution in [2.45, 2.75) is 69.6 Å². The number of nitriles is 1. The molecule has 170 valence electrons. The van der Waals surface area contributed by atoms with E-state index in [1.165, 1.54) is 0 Å². The van der Waals surface area contributed by atoms with Gasteiger partial charge in [0.05, 0.1) is 22.7 Å². The first-order valence-corrected chi connectivity index (χ1v) is 11.6. The fraction of sp³-hybridized carbons (Fsp3) is 0.565. The molecule has 0 spiro atoms. The minimum atomic E-state index is -0.240. The molecule has 9 heteroatoms. The number of aliphatic hydroxyl groups is 1. The Labute approximate surface area is 192 Å². The molecule has 1 aromatic carbocycles. The summed E-state index contributed by atoms with van der Waals surface area (Å²) < 4.78 is 7.81. The second-order valence-electron chi connectivity index (χ2n) is 8.72. The van der Waals surface area contributed by atoms with Gasteiger partial charge in [-0.3, -0.25) is 4.79 Å². The monoisotopic (exact) mass is 457 g/mol. The average Bonchev–Trinajstić information content (AvgIpc) is 3.31. The van der Waals surface area contributed by atoms with Gasteiger partial charge in [-0.1, -0.05) is 11.6 Å². The van der Waals surface area contributed by atoms with E-state index in [0.717, 1.165) is 51.4 Å². The molecule has 0 radical (unpaired) electrons. The van der Waals surface area contributed by atoms with Gasteiger partial charge in [-0.15, -0.1) is 5.10 Å². The van der Waals surface area contributed by atoms with Crippen LogP contribution < -0.4 is 10.1 Å². The van der Waals surface area contributed by atoms with Crippen molar-refractivity contribution in [1.29, 1.82) is 5.26 Å². The fourth-order valence-corrected chi connectivity index (χ4v) is 4.79. The Hall–Kier alpha value is -2.63. The average molecular weight is 458 g/mol. The largest absolute Gasteiger partial charge is 0.490 e. The molecule has 0 aliphatic heterocycles. The molecular formula is C23H28ClN5O3. The third-order valence-electron chi connectivity index (χ3n) is 6.53. The Bertz CT molecular complexity index is 972. The number of amides is 1. The van der Waals surface area contributed by atoms with E-state index >= 15 is 0 Å². The van der Waals surface area contributed by atoms with Crippen LogP contribution in [-0.2, 0) is 0 Å². The Kier molecular flexibility index (Phi) is 7.28. The second-order valence-corrected chi connectivity index (χ2v) is 9.13. The number of carbonyl (C=O) groups excluding carboxylic acids is 1. The van der Waals surface area contributed by atoms with Crippen LogP contribution in [0.2, 0.25) is 5.02 Å². The Morgan fingerprint density at radius 2 is 1.97 bits per heavy atom. The molecule has 0 unspecified atom stereocenters. The van der Waals surface area contributed by atoms with Crippen molar-refractivity contribution in [3.05, 3.63) is 40.9 Å². The summed E-state index contributed by atoms with van der Waals surface area (Å²) in [5.41, 5.74) is 0.430. The molecule has 0 bridgehead atoms. The van der Waals surface area contributed by atoms with E-state index in [9.17, 15) is 9.90 Å². The molecule has 8 nitrogen and oxygen atoms in total. The zero-order valence-corrected chi connectivity index (χ0v) is 18.7. The summed E-state index contributed by atoms with van der Waals surface area (Å²) in [5.74, 6) is 1.01. The van der Waals surface area contributed by atoms with Gasteiger partial charge in [0.2, 0.25) is 5.82 Å². The van der Waals surface area contributed by atoms with E-state index in [1.54, 1.807) is 29.2 Å². The SMILES string of the molecule is N#Cc1ccc(OC2CCC(NC(=O)c3ncn(C4CCC(CO)CC4)n3)CC2)cc1Cl. The molecule has 0 saturated heterocycles. The highest BCUT2D eigenvalue weighted by Crippen LogP contribution is 2.31. The number of aliphatic hydroxyl groups excluding tert-OH is 1. The highest BCUT2D eigenvalue weighted by molar-refractivity contribution is 6.31.